The van der Waals surface area contributed by atoms with Crippen molar-refractivity contribution in [3.8, 4) is 11.3 Å². The molecule has 3 aliphatic heterocycles. The van der Waals surface area contributed by atoms with Gasteiger partial charge in [-0.15, -0.1) is 11.8 Å². The summed E-state index contributed by atoms with van der Waals surface area (Å²) >= 11 is 1.96. The maximum absolute atomic E-state index is 15.4. The number of hydrogen-bond acceptors (Lipinski definition) is 8. The Morgan fingerprint density at radius 2 is 1.66 bits per heavy atom. The summed E-state index contributed by atoms with van der Waals surface area (Å²) in [5.41, 5.74) is 2.56. The number of fused-ring (bicyclic) bond motifs is 1. The van der Waals surface area contributed by atoms with Gasteiger partial charge in [0.15, 0.2) is 5.82 Å². The zero-order valence-electron chi connectivity index (χ0n) is 26.6. The van der Waals surface area contributed by atoms with E-state index in [-0.39, 0.29) is 23.8 Å². The number of halogens is 2. The summed E-state index contributed by atoms with van der Waals surface area (Å²) in [7, 11) is 4.11. The first-order valence-corrected chi connectivity index (χ1v) is 16.9. The first-order valence-electron chi connectivity index (χ1n) is 16.0. The average molecular weight is 622 g/mol. The molecule has 2 fully saturated rings. The highest BCUT2D eigenvalue weighted by atomic mass is 32.2. The van der Waals surface area contributed by atoms with Crippen LogP contribution in [0.5, 0.6) is 0 Å². The van der Waals surface area contributed by atoms with Gasteiger partial charge in [0.25, 0.3) is 0 Å². The van der Waals surface area contributed by atoms with Gasteiger partial charge in [-0.2, -0.15) is 0 Å². The minimum atomic E-state index is -0.588. The third-order valence-corrected chi connectivity index (χ3v) is 10.9. The number of hydrogen-bond donors (Lipinski definition) is 1. The standard InChI is InChI=1S/C34H45F2N7S/c1-22(2)43-23(3)41(5)33-29(35)18-25(19-31(33)43)32-30(36)20-37-34(39-32)38-26-6-8-27(9-7-26)44-28-12-16-42(17-13-28)21-24-10-14-40(4)15-11-24/h6-9,18-20,22-24,28H,10-17,21H2,1-5H3,(H,37,38,39). The van der Waals surface area contributed by atoms with Gasteiger partial charge in [0.1, 0.15) is 11.5 Å². The molecular formula is C34H45F2N7S. The summed E-state index contributed by atoms with van der Waals surface area (Å²) in [5.74, 6) is 0.145. The molecule has 3 aromatic rings. The van der Waals surface area contributed by atoms with Crippen molar-refractivity contribution < 1.29 is 8.78 Å². The van der Waals surface area contributed by atoms with Gasteiger partial charge in [0, 0.05) is 41.0 Å². The van der Waals surface area contributed by atoms with Crippen LogP contribution in [0, 0.1) is 17.6 Å². The number of aromatic nitrogens is 2. The molecule has 236 valence electrons. The van der Waals surface area contributed by atoms with Crippen LogP contribution in [0.25, 0.3) is 11.3 Å². The lowest BCUT2D eigenvalue weighted by Gasteiger charge is -2.36. The Bertz CT molecular complexity index is 1440. The van der Waals surface area contributed by atoms with E-state index >= 15 is 8.78 Å². The predicted octanol–water partition coefficient (Wildman–Crippen LogP) is 7.07. The van der Waals surface area contributed by atoms with E-state index in [1.807, 2.05) is 48.8 Å². The van der Waals surface area contributed by atoms with Crippen LogP contribution < -0.4 is 15.1 Å². The first-order chi connectivity index (χ1) is 21.2. The van der Waals surface area contributed by atoms with E-state index in [1.165, 1.54) is 69.4 Å². The van der Waals surface area contributed by atoms with Crippen molar-refractivity contribution >= 4 is 34.8 Å². The fourth-order valence-corrected chi connectivity index (χ4v) is 8.06. The number of anilines is 4. The number of rotatable bonds is 8. The Balaban J connectivity index is 1.08. The Hall–Kier alpha value is -2.95. The van der Waals surface area contributed by atoms with Gasteiger partial charge in [-0.05, 0) is 122 Å². The fraction of sp³-hybridized carbons (Fsp3) is 0.529. The molecule has 7 nitrogen and oxygen atoms in total. The molecular weight excluding hydrogens is 576 g/mol. The maximum atomic E-state index is 15.4. The minimum Gasteiger partial charge on any atom is -0.350 e. The Kier molecular flexibility index (Phi) is 9.31. The lowest BCUT2D eigenvalue weighted by atomic mass is 9.95. The van der Waals surface area contributed by atoms with Gasteiger partial charge >= 0.3 is 0 Å². The largest absolute Gasteiger partial charge is 0.350 e. The van der Waals surface area contributed by atoms with Crippen LogP contribution in [0.15, 0.2) is 47.5 Å². The predicted molar refractivity (Wildman–Crippen MR) is 178 cm³/mol. The van der Waals surface area contributed by atoms with E-state index in [0.29, 0.717) is 16.5 Å². The third kappa shape index (κ3) is 6.67. The van der Waals surface area contributed by atoms with Crippen molar-refractivity contribution in [1.29, 1.82) is 0 Å². The van der Waals surface area contributed by atoms with Crippen molar-refractivity contribution in [1.82, 2.24) is 19.8 Å². The van der Waals surface area contributed by atoms with Crippen LogP contribution in [0.1, 0.15) is 46.5 Å². The number of nitrogens with one attached hydrogen (secondary N) is 1. The van der Waals surface area contributed by atoms with E-state index in [1.54, 1.807) is 0 Å². The second-order valence-corrected chi connectivity index (χ2v) is 14.3. The average Bonchev–Trinajstić information content (AvgIpc) is 3.27. The van der Waals surface area contributed by atoms with E-state index in [4.69, 9.17) is 0 Å². The van der Waals surface area contributed by atoms with Crippen LogP contribution in [-0.4, -0.2) is 84.0 Å². The van der Waals surface area contributed by atoms with Gasteiger partial charge < -0.3 is 24.9 Å². The maximum Gasteiger partial charge on any atom is 0.227 e. The fourth-order valence-electron chi connectivity index (χ4n) is 6.94. The number of likely N-dealkylation sites (tertiary alicyclic amines) is 2. The second kappa shape index (κ2) is 13.2. The molecule has 0 saturated carbocycles. The van der Waals surface area contributed by atoms with Crippen LogP contribution in [-0.2, 0) is 0 Å². The van der Waals surface area contributed by atoms with E-state index in [2.05, 4.69) is 63.0 Å². The molecule has 1 atom stereocenters. The Morgan fingerprint density at radius 3 is 2.34 bits per heavy atom. The van der Waals surface area contributed by atoms with Crippen LogP contribution in [0.2, 0.25) is 0 Å². The zero-order valence-corrected chi connectivity index (χ0v) is 27.4. The van der Waals surface area contributed by atoms with E-state index in [9.17, 15) is 0 Å². The number of thioether (sulfide) groups is 1. The molecule has 0 aliphatic carbocycles. The van der Waals surface area contributed by atoms with Gasteiger partial charge in [0.05, 0.1) is 23.7 Å². The molecule has 44 heavy (non-hydrogen) atoms. The zero-order chi connectivity index (χ0) is 31.0. The van der Waals surface area contributed by atoms with Crippen molar-refractivity contribution in [3.63, 3.8) is 0 Å². The number of piperidine rings is 2. The summed E-state index contributed by atoms with van der Waals surface area (Å²) in [6, 6.07) is 11.6. The quantitative estimate of drug-likeness (QED) is 0.287. The lowest BCUT2D eigenvalue weighted by Crippen LogP contribution is -2.42. The summed E-state index contributed by atoms with van der Waals surface area (Å²) < 4.78 is 30.4. The van der Waals surface area contributed by atoms with E-state index < -0.39 is 11.6 Å². The third-order valence-electron chi connectivity index (χ3n) is 9.51. The monoisotopic (exact) mass is 621 g/mol. The molecule has 4 heterocycles. The lowest BCUT2D eigenvalue weighted by molar-refractivity contribution is 0.146. The Morgan fingerprint density at radius 1 is 0.955 bits per heavy atom. The van der Waals surface area contributed by atoms with Crippen molar-refractivity contribution in [2.45, 2.75) is 68.8 Å². The normalized spacial score (nSPS) is 20.5. The summed E-state index contributed by atoms with van der Waals surface area (Å²) in [5, 5.41) is 3.84. The molecule has 6 rings (SSSR count). The van der Waals surface area contributed by atoms with Crippen LogP contribution >= 0.6 is 11.8 Å². The van der Waals surface area contributed by atoms with Gasteiger partial charge in [-0.1, -0.05) is 0 Å². The summed E-state index contributed by atoms with van der Waals surface area (Å²) in [6.07, 6.45) is 6.24. The molecule has 1 unspecified atom stereocenters. The summed E-state index contributed by atoms with van der Waals surface area (Å²) in [6.45, 7) is 12.3. The van der Waals surface area contributed by atoms with Crippen molar-refractivity contribution in [2.75, 3.05) is 61.9 Å². The molecule has 2 saturated heterocycles. The van der Waals surface area contributed by atoms with E-state index in [0.717, 1.165) is 23.5 Å². The molecule has 0 spiro atoms. The molecule has 3 aliphatic rings. The molecule has 0 amide bonds. The molecule has 1 N–H and O–H groups in total. The molecule has 2 aromatic carbocycles. The molecule has 10 heteroatoms. The van der Waals surface area contributed by atoms with Crippen molar-refractivity contribution in [2.24, 2.45) is 5.92 Å². The van der Waals surface area contributed by atoms with Crippen molar-refractivity contribution in [3.05, 3.63) is 54.2 Å². The van der Waals surface area contributed by atoms with Gasteiger partial charge in [0.2, 0.25) is 5.95 Å². The van der Waals surface area contributed by atoms with Gasteiger partial charge in [-0.3, -0.25) is 0 Å². The highest BCUT2D eigenvalue weighted by molar-refractivity contribution is 8.00. The smallest absolute Gasteiger partial charge is 0.227 e. The van der Waals surface area contributed by atoms with Gasteiger partial charge in [-0.25, -0.2) is 18.7 Å². The first kappa shape index (κ1) is 31.0. The molecule has 1 aromatic heterocycles. The molecule has 0 bridgehead atoms. The number of nitrogens with zero attached hydrogens (tertiary/aromatic N) is 6. The molecule has 0 radical (unpaired) electrons. The SMILES string of the molecule is CC(C)N1c2cc(-c3nc(Nc4ccc(SC5CCN(CC6CCN(C)CC6)CC5)cc4)ncc3F)cc(F)c2N(C)C1C. The van der Waals surface area contributed by atoms with Crippen LogP contribution in [0.3, 0.4) is 0 Å². The number of benzene rings is 2. The highest BCUT2D eigenvalue weighted by Gasteiger charge is 2.35. The highest BCUT2D eigenvalue weighted by Crippen LogP contribution is 2.44. The van der Waals surface area contributed by atoms with Crippen LogP contribution in [0.4, 0.5) is 31.8 Å². The minimum absolute atomic E-state index is 0.00913. The topological polar surface area (TPSA) is 50.8 Å². The second-order valence-electron chi connectivity index (χ2n) is 13.0. The summed E-state index contributed by atoms with van der Waals surface area (Å²) in [4.78, 5) is 19.1. The Labute approximate surface area is 265 Å².